The molecule has 0 unspecified atom stereocenters. The van der Waals surface area contributed by atoms with Crippen LogP contribution < -0.4 is 0 Å². The molecule has 18 heavy (non-hydrogen) atoms. The van der Waals surface area contributed by atoms with Crippen LogP contribution in [-0.4, -0.2) is 29.1 Å². The molecule has 0 fully saturated rings. The molecule has 1 heterocycles. The highest BCUT2D eigenvalue weighted by Gasteiger charge is 2.18. The van der Waals surface area contributed by atoms with Crippen molar-refractivity contribution in [2.45, 2.75) is 6.92 Å². The van der Waals surface area contributed by atoms with Crippen LogP contribution in [0.2, 0.25) is 0 Å². The zero-order chi connectivity index (χ0) is 13.0. The molecule has 1 N–H and O–H groups in total. The SMILES string of the molecule is CCOC(=O)c1c(N=CC=S)[nH]c2ccccc12. The minimum Gasteiger partial charge on any atom is -0.462 e. The lowest BCUT2D eigenvalue weighted by Crippen LogP contribution is -2.04. The number of fused-ring (bicyclic) bond motifs is 1. The topological polar surface area (TPSA) is 54.4 Å². The minimum absolute atomic E-state index is 0.328. The second-order valence-corrected chi connectivity index (χ2v) is 3.80. The summed E-state index contributed by atoms with van der Waals surface area (Å²) in [5, 5.41) is 2.19. The summed E-state index contributed by atoms with van der Waals surface area (Å²) in [6.45, 7) is 2.10. The molecule has 0 radical (unpaired) electrons. The number of aromatic amines is 1. The lowest BCUT2D eigenvalue weighted by molar-refractivity contribution is 0.0530. The number of para-hydroxylation sites is 1. The zero-order valence-corrected chi connectivity index (χ0v) is 10.7. The summed E-state index contributed by atoms with van der Waals surface area (Å²) < 4.78 is 5.05. The average molecular weight is 260 g/mol. The first-order valence-corrected chi connectivity index (χ1v) is 6.00. The Bertz CT molecular complexity index is 616. The third-order valence-corrected chi connectivity index (χ3v) is 2.55. The van der Waals surface area contributed by atoms with Crippen LogP contribution in [0.15, 0.2) is 29.3 Å². The monoisotopic (exact) mass is 260 g/mol. The van der Waals surface area contributed by atoms with E-state index in [2.05, 4.69) is 22.2 Å². The Labute approximate surface area is 110 Å². The summed E-state index contributed by atoms with van der Waals surface area (Å²) in [4.78, 5) is 19.1. The van der Waals surface area contributed by atoms with Crippen LogP contribution in [0.1, 0.15) is 17.3 Å². The van der Waals surface area contributed by atoms with E-state index in [1.807, 2.05) is 24.3 Å². The van der Waals surface area contributed by atoms with Crippen LogP contribution in [0.4, 0.5) is 5.82 Å². The Morgan fingerprint density at radius 3 is 3.00 bits per heavy atom. The summed E-state index contributed by atoms with van der Waals surface area (Å²) in [6, 6.07) is 7.50. The molecule has 1 aromatic heterocycles. The number of carbonyl (C=O) groups excluding carboxylic acids is 1. The summed E-state index contributed by atoms with van der Waals surface area (Å²) in [7, 11) is 0. The molecule has 0 bridgehead atoms. The molecule has 0 atom stereocenters. The summed E-state index contributed by atoms with van der Waals surface area (Å²) in [5.74, 6) is 0.0854. The first-order chi connectivity index (χ1) is 8.77. The standard InChI is InChI=1S/C13H12N2O2S/c1-2-17-13(16)11-9-5-3-4-6-10(9)15-12(11)14-7-8-18/h3-8,15H,2H2,1H3. The van der Waals surface area contributed by atoms with Crippen molar-refractivity contribution < 1.29 is 9.53 Å². The van der Waals surface area contributed by atoms with E-state index in [0.717, 1.165) is 10.9 Å². The van der Waals surface area contributed by atoms with Crippen molar-refractivity contribution in [2.24, 2.45) is 4.99 Å². The number of esters is 1. The van der Waals surface area contributed by atoms with Gasteiger partial charge in [-0.15, -0.1) is 0 Å². The van der Waals surface area contributed by atoms with Crippen LogP contribution in [0.5, 0.6) is 0 Å². The van der Waals surface area contributed by atoms with E-state index in [4.69, 9.17) is 4.74 Å². The van der Waals surface area contributed by atoms with Gasteiger partial charge in [0.05, 0.1) is 6.61 Å². The number of nitrogens with one attached hydrogen (secondary N) is 1. The van der Waals surface area contributed by atoms with Gasteiger partial charge in [0, 0.05) is 22.5 Å². The van der Waals surface area contributed by atoms with Gasteiger partial charge in [-0.1, -0.05) is 30.4 Å². The van der Waals surface area contributed by atoms with Crippen molar-refractivity contribution in [3.63, 3.8) is 0 Å². The van der Waals surface area contributed by atoms with Crippen molar-refractivity contribution in [1.82, 2.24) is 4.98 Å². The van der Waals surface area contributed by atoms with Gasteiger partial charge >= 0.3 is 5.97 Å². The maximum Gasteiger partial charge on any atom is 0.342 e. The third-order valence-electron chi connectivity index (χ3n) is 2.43. The largest absolute Gasteiger partial charge is 0.462 e. The lowest BCUT2D eigenvalue weighted by atomic mass is 10.1. The molecule has 0 saturated carbocycles. The highest BCUT2D eigenvalue weighted by molar-refractivity contribution is 7.80. The van der Waals surface area contributed by atoms with Crippen LogP contribution in [0.3, 0.4) is 0 Å². The van der Waals surface area contributed by atoms with Crippen LogP contribution >= 0.6 is 12.2 Å². The number of carbonyl (C=O) groups is 1. The molecule has 2 aromatic rings. The number of ether oxygens (including phenoxy) is 1. The van der Waals surface area contributed by atoms with Crippen molar-refractivity contribution in [3.8, 4) is 0 Å². The summed E-state index contributed by atoms with van der Waals surface area (Å²) in [6.07, 6.45) is 1.46. The predicted octanol–water partition coefficient (Wildman–Crippen LogP) is 3.05. The molecule has 0 spiro atoms. The number of nitrogens with zero attached hydrogens (tertiary/aromatic N) is 1. The van der Waals surface area contributed by atoms with Crippen molar-refractivity contribution >= 4 is 46.5 Å². The molecule has 2 rings (SSSR count). The molecule has 4 nitrogen and oxygen atoms in total. The van der Waals surface area contributed by atoms with E-state index in [9.17, 15) is 4.79 Å². The van der Waals surface area contributed by atoms with E-state index < -0.39 is 0 Å². The Hall–Kier alpha value is -2.01. The molecule has 0 saturated heterocycles. The Morgan fingerprint density at radius 1 is 1.50 bits per heavy atom. The van der Waals surface area contributed by atoms with E-state index in [0.29, 0.717) is 18.0 Å². The number of rotatable bonds is 4. The first-order valence-electron chi connectivity index (χ1n) is 5.53. The van der Waals surface area contributed by atoms with Gasteiger partial charge in [0.25, 0.3) is 0 Å². The van der Waals surface area contributed by atoms with Gasteiger partial charge < -0.3 is 9.72 Å². The molecule has 92 valence electrons. The Kier molecular flexibility index (Phi) is 3.84. The van der Waals surface area contributed by atoms with Gasteiger partial charge in [-0.3, -0.25) is 0 Å². The second-order valence-electron chi connectivity index (χ2n) is 3.53. The zero-order valence-electron chi connectivity index (χ0n) is 9.84. The number of aromatic nitrogens is 1. The number of hydrogen-bond acceptors (Lipinski definition) is 4. The van der Waals surface area contributed by atoms with Crippen molar-refractivity contribution in [3.05, 3.63) is 29.8 Å². The van der Waals surface area contributed by atoms with Gasteiger partial charge in [-0.05, 0) is 13.0 Å². The fourth-order valence-corrected chi connectivity index (χ4v) is 1.80. The first kappa shape index (κ1) is 12.4. The van der Waals surface area contributed by atoms with Gasteiger partial charge in [-0.2, -0.15) is 0 Å². The lowest BCUT2D eigenvalue weighted by Gasteiger charge is -2.00. The molecule has 1 aromatic carbocycles. The van der Waals surface area contributed by atoms with Crippen LogP contribution in [0.25, 0.3) is 10.9 Å². The molecule has 0 aliphatic heterocycles. The number of aliphatic imine (C=N–C) groups is 1. The van der Waals surface area contributed by atoms with Crippen LogP contribution in [0, 0.1) is 0 Å². The van der Waals surface area contributed by atoms with Crippen LogP contribution in [-0.2, 0) is 4.74 Å². The fourth-order valence-electron chi connectivity index (χ4n) is 1.74. The molecule has 0 aliphatic carbocycles. The Morgan fingerprint density at radius 2 is 2.28 bits per heavy atom. The van der Waals surface area contributed by atoms with Crippen molar-refractivity contribution in [2.75, 3.05) is 6.61 Å². The van der Waals surface area contributed by atoms with Gasteiger partial charge in [-0.25, -0.2) is 9.79 Å². The smallest absolute Gasteiger partial charge is 0.342 e. The molecule has 0 aliphatic rings. The Balaban J connectivity index is 2.60. The van der Waals surface area contributed by atoms with E-state index in [1.54, 1.807) is 6.92 Å². The second kappa shape index (κ2) is 5.55. The van der Waals surface area contributed by atoms with E-state index >= 15 is 0 Å². The molecule has 5 heteroatoms. The molecular formula is C13H12N2O2S. The molecular weight excluding hydrogens is 248 g/mol. The highest BCUT2D eigenvalue weighted by Crippen LogP contribution is 2.28. The van der Waals surface area contributed by atoms with Gasteiger partial charge in [0.1, 0.15) is 11.4 Å². The maximum atomic E-state index is 12.0. The van der Waals surface area contributed by atoms with Gasteiger partial charge in [0.15, 0.2) is 0 Å². The van der Waals surface area contributed by atoms with E-state index in [-0.39, 0.29) is 5.97 Å². The average Bonchev–Trinajstić information content (AvgIpc) is 2.74. The number of hydrogen-bond donors (Lipinski definition) is 1. The minimum atomic E-state index is -0.383. The summed E-state index contributed by atoms with van der Waals surface area (Å²) in [5.41, 5.74) is 1.29. The van der Waals surface area contributed by atoms with Crippen molar-refractivity contribution in [1.29, 1.82) is 0 Å². The van der Waals surface area contributed by atoms with E-state index in [1.165, 1.54) is 11.6 Å². The maximum absolute atomic E-state index is 12.0. The summed E-state index contributed by atoms with van der Waals surface area (Å²) >= 11 is 4.69. The number of thiocarbonyl (C=S) groups is 1. The van der Waals surface area contributed by atoms with Gasteiger partial charge in [0.2, 0.25) is 0 Å². The predicted molar refractivity (Wildman–Crippen MR) is 76.1 cm³/mol. The fraction of sp³-hybridized carbons (Fsp3) is 0.154. The normalized spacial score (nSPS) is 10.9. The number of H-pyrrole nitrogens is 1. The number of benzene rings is 1. The highest BCUT2D eigenvalue weighted by atomic mass is 32.1. The molecule has 0 amide bonds. The quantitative estimate of drug-likeness (QED) is 0.522. The third kappa shape index (κ3) is 2.31.